The van der Waals surface area contributed by atoms with E-state index in [-0.39, 0.29) is 11.3 Å². The molecule has 1 saturated heterocycles. The maximum absolute atomic E-state index is 13.1. The van der Waals surface area contributed by atoms with Crippen molar-refractivity contribution < 1.29 is 9.53 Å². The monoisotopic (exact) mass is 573 g/mol. The highest BCUT2D eigenvalue weighted by Crippen LogP contribution is 2.30. The molecule has 1 fully saturated rings. The van der Waals surface area contributed by atoms with Crippen LogP contribution in [-0.4, -0.2) is 75.1 Å². The van der Waals surface area contributed by atoms with Crippen LogP contribution in [0.25, 0.3) is 11.3 Å². The highest BCUT2D eigenvalue weighted by molar-refractivity contribution is 7.14. The van der Waals surface area contributed by atoms with Crippen molar-refractivity contribution in [3.8, 4) is 11.3 Å². The zero-order chi connectivity index (χ0) is 28.8. The highest BCUT2D eigenvalue weighted by Gasteiger charge is 2.19. The minimum absolute atomic E-state index is 0.0842. The van der Waals surface area contributed by atoms with Gasteiger partial charge in [-0.25, -0.2) is 24.9 Å². The van der Waals surface area contributed by atoms with Crippen molar-refractivity contribution in [2.45, 2.75) is 33.1 Å². The predicted octanol–water partition coefficient (Wildman–Crippen LogP) is 4.74. The Labute approximate surface area is 243 Å². The SMILES string of the molecule is Cc1ccc(C(=O)Nc2nc(C(C)(C)C)cs2)cc1Nc1ncncc1-c1cc(NCCN2CCOCC2)ncn1. The molecule has 11 nitrogen and oxygen atoms in total. The Morgan fingerprint density at radius 3 is 2.71 bits per heavy atom. The number of ether oxygens (including phenoxy) is 1. The van der Waals surface area contributed by atoms with Crippen molar-refractivity contribution in [2.24, 2.45) is 0 Å². The first-order valence-corrected chi connectivity index (χ1v) is 14.5. The Bertz CT molecular complexity index is 1500. The molecule has 0 unspecified atom stereocenters. The lowest BCUT2D eigenvalue weighted by Gasteiger charge is -2.26. The van der Waals surface area contributed by atoms with Crippen LogP contribution in [0.5, 0.6) is 0 Å². The second-order valence-electron chi connectivity index (χ2n) is 10.9. The summed E-state index contributed by atoms with van der Waals surface area (Å²) in [7, 11) is 0. The molecule has 0 bridgehead atoms. The van der Waals surface area contributed by atoms with Gasteiger partial charge in [-0.2, -0.15) is 0 Å². The number of carbonyl (C=O) groups is 1. The van der Waals surface area contributed by atoms with Gasteiger partial charge < -0.3 is 15.4 Å². The van der Waals surface area contributed by atoms with E-state index >= 15 is 0 Å². The molecule has 0 saturated carbocycles. The van der Waals surface area contributed by atoms with Crippen LogP contribution in [0, 0.1) is 6.92 Å². The molecule has 41 heavy (non-hydrogen) atoms. The van der Waals surface area contributed by atoms with Crippen LogP contribution in [0.1, 0.15) is 42.4 Å². The quantitative estimate of drug-likeness (QED) is 0.258. The molecule has 4 aromatic rings. The molecule has 0 atom stereocenters. The maximum Gasteiger partial charge on any atom is 0.257 e. The molecule has 0 aliphatic carbocycles. The van der Waals surface area contributed by atoms with Gasteiger partial charge in [-0.3, -0.25) is 15.0 Å². The van der Waals surface area contributed by atoms with Crippen LogP contribution in [-0.2, 0) is 10.2 Å². The van der Waals surface area contributed by atoms with Crippen LogP contribution in [0.15, 0.2) is 48.5 Å². The molecule has 1 amide bonds. The van der Waals surface area contributed by atoms with Crippen LogP contribution in [0.3, 0.4) is 0 Å². The lowest BCUT2D eigenvalue weighted by atomic mass is 9.93. The Kier molecular flexibility index (Phi) is 8.81. The summed E-state index contributed by atoms with van der Waals surface area (Å²) in [4.78, 5) is 37.6. The summed E-state index contributed by atoms with van der Waals surface area (Å²) < 4.78 is 5.42. The van der Waals surface area contributed by atoms with Crippen molar-refractivity contribution >= 4 is 39.7 Å². The van der Waals surface area contributed by atoms with Gasteiger partial charge in [0.1, 0.15) is 24.3 Å². The molecule has 4 heterocycles. The van der Waals surface area contributed by atoms with Crippen molar-refractivity contribution in [1.82, 2.24) is 29.8 Å². The first kappa shape index (κ1) is 28.5. The summed E-state index contributed by atoms with van der Waals surface area (Å²) in [5.74, 6) is 1.08. The fourth-order valence-electron chi connectivity index (χ4n) is 4.26. The van der Waals surface area contributed by atoms with E-state index < -0.39 is 0 Å². The average Bonchev–Trinajstić information content (AvgIpc) is 3.45. The zero-order valence-electron chi connectivity index (χ0n) is 23.8. The smallest absolute Gasteiger partial charge is 0.257 e. The number of aryl methyl sites for hydroxylation is 1. The largest absolute Gasteiger partial charge is 0.379 e. The third-order valence-electron chi connectivity index (χ3n) is 6.74. The fourth-order valence-corrected chi connectivity index (χ4v) is 5.19. The lowest BCUT2D eigenvalue weighted by Crippen LogP contribution is -2.39. The van der Waals surface area contributed by atoms with Gasteiger partial charge in [-0.1, -0.05) is 26.8 Å². The summed E-state index contributed by atoms with van der Waals surface area (Å²) in [6, 6.07) is 7.41. The number of carbonyl (C=O) groups excluding carboxylic acids is 1. The number of morpholine rings is 1. The summed E-state index contributed by atoms with van der Waals surface area (Å²) in [6.07, 6.45) is 4.73. The van der Waals surface area contributed by atoms with Gasteiger partial charge in [0.25, 0.3) is 5.91 Å². The number of hydrogen-bond donors (Lipinski definition) is 3. The van der Waals surface area contributed by atoms with E-state index in [1.165, 1.54) is 24.0 Å². The second kappa shape index (κ2) is 12.7. The number of benzene rings is 1. The molecule has 12 heteroatoms. The molecule has 214 valence electrons. The molecule has 3 aromatic heterocycles. The van der Waals surface area contributed by atoms with E-state index in [1.807, 2.05) is 30.5 Å². The minimum atomic E-state index is -0.227. The number of aromatic nitrogens is 5. The standard InChI is InChI=1S/C29H35N9O2S/c1-19-5-6-20(27(39)37-28-36-24(16-41-28)29(2,3)4)13-22(19)35-26-21(15-30-17-34-26)23-14-25(33-18-32-23)31-7-8-38-9-11-40-12-10-38/h5-6,13-18H,7-12H2,1-4H3,(H,30,34,35)(H,31,32,33)(H,36,37,39). The summed E-state index contributed by atoms with van der Waals surface area (Å²) in [5, 5.41) is 12.2. The number of amides is 1. The van der Waals surface area contributed by atoms with Crippen LogP contribution >= 0.6 is 11.3 Å². The Morgan fingerprint density at radius 2 is 1.93 bits per heavy atom. The van der Waals surface area contributed by atoms with E-state index in [1.54, 1.807) is 12.3 Å². The normalized spacial score (nSPS) is 14.0. The van der Waals surface area contributed by atoms with Gasteiger partial charge in [-0.15, -0.1) is 11.3 Å². The number of thiazole rings is 1. The molecule has 0 spiro atoms. The van der Waals surface area contributed by atoms with E-state index in [0.717, 1.165) is 67.7 Å². The highest BCUT2D eigenvalue weighted by atomic mass is 32.1. The third kappa shape index (κ3) is 7.40. The first-order chi connectivity index (χ1) is 19.8. The topological polar surface area (TPSA) is 130 Å². The Morgan fingerprint density at radius 1 is 1.10 bits per heavy atom. The van der Waals surface area contributed by atoms with Gasteiger partial charge in [0.05, 0.1) is 30.2 Å². The summed E-state index contributed by atoms with van der Waals surface area (Å²) >= 11 is 1.42. The third-order valence-corrected chi connectivity index (χ3v) is 7.50. The Hall–Kier alpha value is -4.00. The van der Waals surface area contributed by atoms with Crippen molar-refractivity contribution in [2.75, 3.05) is 55.3 Å². The molecule has 3 N–H and O–H groups in total. The van der Waals surface area contributed by atoms with Crippen molar-refractivity contribution in [3.05, 3.63) is 65.3 Å². The Balaban J connectivity index is 1.29. The number of hydrogen-bond acceptors (Lipinski definition) is 11. The van der Waals surface area contributed by atoms with Crippen LogP contribution in [0.2, 0.25) is 0 Å². The van der Waals surface area contributed by atoms with Gasteiger partial charge >= 0.3 is 0 Å². The summed E-state index contributed by atoms with van der Waals surface area (Å²) in [6.45, 7) is 13.4. The zero-order valence-corrected chi connectivity index (χ0v) is 24.6. The molecule has 1 aromatic carbocycles. The van der Waals surface area contributed by atoms with Crippen molar-refractivity contribution in [3.63, 3.8) is 0 Å². The number of nitrogens with one attached hydrogen (secondary N) is 3. The second-order valence-corrected chi connectivity index (χ2v) is 11.7. The van der Waals surface area contributed by atoms with Gasteiger partial charge in [0.15, 0.2) is 5.13 Å². The molecule has 5 rings (SSSR count). The molecule has 0 radical (unpaired) electrons. The number of nitrogens with zero attached hydrogens (tertiary/aromatic N) is 6. The predicted molar refractivity (Wildman–Crippen MR) is 162 cm³/mol. The van der Waals surface area contributed by atoms with E-state index in [4.69, 9.17) is 4.74 Å². The first-order valence-electron chi connectivity index (χ1n) is 13.6. The lowest BCUT2D eigenvalue weighted by molar-refractivity contribution is 0.0398. The minimum Gasteiger partial charge on any atom is -0.379 e. The van der Waals surface area contributed by atoms with E-state index in [0.29, 0.717) is 22.2 Å². The van der Waals surface area contributed by atoms with E-state index in [2.05, 4.69) is 66.5 Å². The van der Waals surface area contributed by atoms with Gasteiger partial charge in [-0.05, 0) is 24.6 Å². The van der Waals surface area contributed by atoms with Gasteiger partial charge in [0, 0.05) is 60.5 Å². The number of rotatable bonds is 9. The molecule has 1 aliphatic rings. The summed E-state index contributed by atoms with van der Waals surface area (Å²) in [5.41, 5.74) is 4.49. The van der Waals surface area contributed by atoms with Gasteiger partial charge in [0.2, 0.25) is 0 Å². The number of anilines is 4. The van der Waals surface area contributed by atoms with E-state index in [9.17, 15) is 4.79 Å². The van der Waals surface area contributed by atoms with Crippen LogP contribution in [0.4, 0.5) is 22.5 Å². The fraction of sp³-hybridized carbons (Fsp3) is 0.379. The average molecular weight is 574 g/mol. The van der Waals surface area contributed by atoms with Crippen LogP contribution < -0.4 is 16.0 Å². The molecule has 1 aliphatic heterocycles. The maximum atomic E-state index is 13.1. The molecular formula is C29H35N9O2S. The molecular weight excluding hydrogens is 538 g/mol. The van der Waals surface area contributed by atoms with Crippen molar-refractivity contribution in [1.29, 1.82) is 0 Å².